The van der Waals surface area contributed by atoms with Crippen molar-refractivity contribution >= 4 is 18.0 Å². The van der Waals surface area contributed by atoms with Gasteiger partial charge in [-0.2, -0.15) is 0 Å². The average molecular weight is 408 g/mol. The highest BCUT2D eigenvalue weighted by molar-refractivity contribution is 5.93. The Labute approximate surface area is 174 Å². The van der Waals surface area contributed by atoms with Crippen LogP contribution in [0.2, 0.25) is 0 Å². The number of rotatable bonds is 7. The summed E-state index contributed by atoms with van der Waals surface area (Å²) in [6.07, 6.45) is 0.426. The van der Waals surface area contributed by atoms with Crippen LogP contribution in [0.15, 0.2) is 48.5 Å². The Kier molecular flexibility index (Phi) is 5.20. The van der Waals surface area contributed by atoms with E-state index < -0.39 is 29.6 Å². The molecule has 1 fully saturated rings. The van der Waals surface area contributed by atoms with E-state index in [1.54, 1.807) is 6.92 Å². The highest BCUT2D eigenvalue weighted by Gasteiger charge is 2.52. The molecule has 0 bridgehead atoms. The minimum Gasteiger partial charge on any atom is -0.480 e. The quantitative estimate of drug-likeness (QED) is 0.653. The Hall–Kier alpha value is -3.35. The molecule has 2 amide bonds. The van der Waals surface area contributed by atoms with E-state index in [0.29, 0.717) is 19.3 Å². The minimum atomic E-state index is -1.19. The van der Waals surface area contributed by atoms with E-state index in [9.17, 15) is 19.5 Å². The van der Waals surface area contributed by atoms with Gasteiger partial charge in [-0.05, 0) is 41.5 Å². The number of carboxylic acids is 1. The van der Waals surface area contributed by atoms with Gasteiger partial charge in [-0.25, -0.2) is 9.59 Å². The van der Waals surface area contributed by atoms with Crippen molar-refractivity contribution in [2.45, 2.75) is 43.7 Å². The zero-order chi connectivity index (χ0) is 21.3. The van der Waals surface area contributed by atoms with Crippen molar-refractivity contribution in [3.8, 4) is 11.1 Å². The fraction of sp³-hybridized carbons (Fsp3) is 0.348. The molecule has 1 unspecified atom stereocenters. The molecule has 30 heavy (non-hydrogen) atoms. The van der Waals surface area contributed by atoms with Gasteiger partial charge in [0.05, 0.1) is 0 Å². The van der Waals surface area contributed by atoms with E-state index in [4.69, 9.17) is 4.74 Å². The topological polar surface area (TPSA) is 105 Å². The molecule has 2 aliphatic carbocycles. The van der Waals surface area contributed by atoms with E-state index in [1.807, 2.05) is 36.4 Å². The van der Waals surface area contributed by atoms with Gasteiger partial charge in [-0.15, -0.1) is 0 Å². The summed E-state index contributed by atoms with van der Waals surface area (Å²) in [7, 11) is 0. The maximum absolute atomic E-state index is 12.4. The SMILES string of the molecule is CCC(NC(=O)OCC1c2ccccc2-c2ccccc21)C(=O)NC1(C(=O)O)CC1. The zero-order valence-corrected chi connectivity index (χ0v) is 16.7. The molecule has 0 radical (unpaired) electrons. The van der Waals surface area contributed by atoms with Crippen LogP contribution in [-0.4, -0.2) is 41.3 Å². The first kappa shape index (κ1) is 19.9. The summed E-state index contributed by atoms with van der Waals surface area (Å²) >= 11 is 0. The molecule has 1 saturated carbocycles. The highest BCUT2D eigenvalue weighted by Crippen LogP contribution is 2.44. The van der Waals surface area contributed by atoms with Crippen molar-refractivity contribution in [1.29, 1.82) is 0 Å². The molecule has 7 nitrogen and oxygen atoms in total. The van der Waals surface area contributed by atoms with Crippen LogP contribution in [0.1, 0.15) is 43.2 Å². The smallest absolute Gasteiger partial charge is 0.407 e. The number of ether oxygens (including phenoxy) is 1. The summed E-state index contributed by atoms with van der Waals surface area (Å²) in [5.41, 5.74) is 3.29. The van der Waals surface area contributed by atoms with Crippen molar-refractivity contribution in [2.75, 3.05) is 6.61 Å². The molecule has 2 aromatic carbocycles. The van der Waals surface area contributed by atoms with E-state index in [0.717, 1.165) is 22.3 Å². The van der Waals surface area contributed by atoms with E-state index in [-0.39, 0.29) is 12.5 Å². The molecule has 156 valence electrons. The summed E-state index contributed by atoms with van der Waals surface area (Å²) in [5, 5.41) is 14.3. The number of carbonyl (C=O) groups excluding carboxylic acids is 2. The summed E-state index contributed by atoms with van der Waals surface area (Å²) in [6.45, 7) is 1.89. The normalized spacial score (nSPS) is 16.7. The van der Waals surface area contributed by atoms with Gasteiger partial charge in [-0.1, -0.05) is 55.5 Å². The van der Waals surface area contributed by atoms with Crippen molar-refractivity contribution in [3.63, 3.8) is 0 Å². The van der Waals surface area contributed by atoms with Crippen molar-refractivity contribution < 1.29 is 24.2 Å². The van der Waals surface area contributed by atoms with Gasteiger partial charge < -0.3 is 20.5 Å². The Bertz CT molecular complexity index is 953. The molecule has 0 heterocycles. The standard InChI is InChI=1S/C23H24N2O5/c1-2-19(20(26)25-23(11-12-23)21(27)28)24-22(29)30-13-18-16-9-5-3-7-14(16)15-8-4-6-10-17(15)18/h3-10,18-19H,2,11-13H2,1H3,(H,24,29)(H,25,26)(H,27,28). The molecule has 0 spiro atoms. The van der Waals surface area contributed by atoms with Gasteiger partial charge >= 0.3 is 12.1 Å². The number of nitrogens with one attached hydrogen (secondary N) is 2. The number of carboxylic acid groups (broad SMARTS) is 1. The Morgan fingerprint density at radius 3 is 2.13 bits per heavy atom. The molecule has 2 aliphatic rings. The van der Waals surface area contributed by atoms with Crippen LogP contribution in [0.4, 0.5) is 4.79 Å². The monoisotopic (exact) mass is 408 g/mol. The Morgan fingerprint density at radius 1 is 1.07 bits per heavy atom. The molecule has 3 N–H and O–H groups in total. The lowest BCUT2D eigenvalue weighted by atomic mass is 9.98. The molecule has 2 aromatic rings. The van der Waals surface area contributed by atoms with Crippen LogP contribution < -0.4 is 10.6 Å². The lowest BCUT2D eigenvalue weighted by Crippen LogP contribution is -2.52. The van der Waals surface area contributed by atoms with Crippen LogP contribution in [-0.2, 0) is 14.3 Å². The van der Waals surface area contributed by atoms with E-state index >= 15 is 0 Å². The third-order valence-electron chi connectivity index (χ3n) is 5.88. The van der Waals surface area contributed by atoms with Gasteiger partial charge in [0, 0.05) is 5.92 Å². The number of amides is 2. The molecule has 7 heteroatoms. The van der Waals surface area contributed by atoms with E-state index in [2.05, 4.69) is 22.8 Å². The summed E-state index contributed by atoms with van der Waals surface area (Å²) in [5.74, 6) is -1.63. The fourth-order valence-corrected chi connectivity index (χ4v) is 3.98. The average Bonchev–Trinajstić information content (AvgIpc) is 3.46. The zero-order valence-electron chi connectivity index (χ0n) is 16.7. The third-order valence-corrected chi connectivity index (χ3v) is 5.88. The number of fused-ring (bicyclic) bond motifs is 3. The minimum absolute atomic E-state index is 0.0706. The molecular formula is C23H24N2O5. The Morgan fingerprint density at radius 2 is 1.63 bits per heavy atom. The fourth-order valence-electron chi connectivity index (χ4n) is 3.98. The highest BCUT2D eigenvalue weighted by atomic mass is 16.5. The van der Waals surface area contributed by atoms with Crippen molar-refractivity contribution in [3.05, 3.63) is 59.7 Å². The lowest BCUT2D eigenvalue weighted by Gasteiger charge is -2.20. The number of benzene rings is 2. The first-order valence-corrected chi connectivity index (χ1v) is 10.1. The molecule has 0 aromatic heterocycles. The van der Waals surface area contributed by atoms with Crippen LogP contribution >= 0.6 is 0 Å². The van der Waals surface area contributed by atoms with Crippen LogP contribution in [0.25, 0.3) is 11.1 Å². The van der Waals surface area contributed by atoms with Gasteiger partial charge in [-0.3, -0.25) is 4.79 Å². The molecule has 4 rings (SSSR count). The first-order valence-electron chi connectivity index (χ1n) is 10.1. The second kappa shape index (κ2) is 7.82. The van der Waals surface area contributed by atoms with Crippen LogP contribution in [0, 0.1) is 0 Å². The third kappa shape index (κ3) is 3.63. The number of alkyl carbamates (subject to hydrolysis) is 1. The second-order valence-electron chi connectivity index (χ2n) is 7.81. The van der Waals surface area contributed by atoms with Gasteiger partial charge in [0.2, 0.25) is 5.91 Å². The second-order valence-corrected chi connectivity index (χ2v) is 7.81. The number of aliphatic carboxylic acids is 1. The summed E-state index contributed by atoms with van der Waals surface area (Å²) < 4.78 is 5.47. The molecule has 0 aliphatic heterocycles. The maximum atomic E-state index is 12.4. The van der Waals surface area contributed by atoms with Crippen LogP contribution in [0.3, 0.4) is 0 Å². The van der Waals surface area contributed by atoms with Crippen LogP contribution in [0.5, 0.6) is 0 Å². The molecule has 1 atom stereocenters. The van der Waals surface area contributed by atoms with Crippen molar-refractivity contribution in [1.82, 2.24) is 10.6 Å². The van der Waals surface area contributed by atoms with Crippen molar-refractivity contribution in [2.24, 2.45) is 0 Å². The summed E-state index contributed by atoms with van der Waals surface area (Å²) in [6, 6.07) is 15.2. The first-order chi connectivity index (χ1) is 14.4. The number of hydrogen-bond donors (Lipinski definition) is 3. The number of carbonyl (C=O) groups is 3. The maximum Gasteiger partial charge on any atom is 0.407 e. The number of hydrogen-bond acceptors (Lipinski definition) is 4. The van der Waals surface area contributed by atoms with Gasteiger partial charge in [0.1, 0.15) is 18.2 Å². The van der Waals surface area contributed by atoms with Gasteiger partial charge in [0.15, 0.2) is 0 Å². The summed E-state index contributed by atoms with van der Waals surface area (Å²) in [4.78, 5) is 36.1. The largest absolute Gasteiger partial charge is 0.480 e. The predicted molar refractivity (Wildman–Crippen MR) is 110 cm³/mol. The van der Waals surface area contributed by atoms with E-state index in [1.165, 1.54) is 0 Å². The van der Waals surface area contributed by atoms with Gasteiger partial charge in [0.25, 0.3) is 0 Å². The predicted octanol–water partition coefficient (Wildman–Crippen LogP) is 3.04. The molecule has 0 saturated heterocycles. The Balaban J connectivity index is 1.39. The lowest BCUT2D eigenvalue weighted by molar-refractivity contribution is -0.143. The molecular weight excluding hydrogens is 384 g/mol.